The Labute approximate surface area is 89.8 Å². The number of terminal acetylenes is 1. The molecule has 0 radical (unpaired) electrons. The van der Waals surface area contributed by atoms with Gasteiger partial charge in [0.15, 0.2) is 0 Å². The molecule has 0 aliphatic carbocycles. The molecule has 15 heavy (non-hydrogen) atoms. The minimum Gasteiger partial charge on any atom is -0.265 e. The Morgan fingerprint density at radius 1 is 0.933 bits per heavy atom. The number of aromatic nitrogens is 1. The van der Waals surface area contributed by atoms with Gasteiger partial charge in [-0.25, -0.2) is 0 Å². The van der Waals surface area contributed by atoms with Crippen molar-refractivity contribution in [3.63, 3.8) is 0 Å². The van der Waals surface area contributed by atoms with Gasteiger partial charge < -0.3 is 0 Å². The zero-order chi connectivity index (χ0) is 10.5. The van der Waals surface area contributed by atoms with Crippen LogP contribution in [0.25, 0.3) is 11.1 Å². The summed E-state index contributed by atoms with van der Waals surface area (Å²) in [5.41, 5.74) is 3.55. The molecule has 0 atom stereocenters. The van der Waals surface area contributed by atoms with Crippen molar-refractivity contribution < 1.29 is 0 Å². The van der Waals surface area contributed by atoms with Crippen LogP contribution in [0.1, 0.15) is 5.56 Å². The molecule has 1 heteroatoms. The summed E-state index contributed by atoms with van der Waals surface area (Å²) in [6.45, 7) is 0. The number of pyridine rings is 1. The molecule has 1 aromatic carbocycles. The molecule has 0 unspecified atom stereocenters. The standard InChI is InChI=1S/C14H11N/c1-2-3-12-4-6-13(7-5-12)14-8-10-15-11-9-14/h1,4-11H,3H2. The molecule has 72 valence electrons. The van der Waals surface area contributed by atoms with Crippen LogP contribution in [-0.4, -0.2) is 4.98 Å². The molecular weight excluding hydrogens is 182 g/mol. The molecule has 1 nitrogen and oxygen atoms in total. The maximum atomic E-state index is 5.25. The summed E-state index contributed by atoms with van der Waals surface area (Å²) in [7, 11) is 0. The monoisotopic (exact) mass is 193 g/mol. The summed E-state index contributed by atoms with van der Waals surface area (Å²) < 4.78 is 0. The van der Waals surface area contributed by atoms with E-state index in [9.17, 15) is 0 Å². The molecule has 2 rings (SSSR count). The summed E-state index contributed by atoms with van der Waals surface area (Å²) in [6, 6.07) is 12.3. The normalized spacial score (nSPS) is 9.53. The Balaban J connectivity index is 2.29. The predicted molar refractivity (Wildman–Crippen MR) is 62.2 cm³/mol. The number of hydrogen-bond acceptors (Lipinski definition) is 1. The van der Waals surface area contributed by atoms with Crippen LogP contribution in [0.2, 0.25) is 0 Å². The second-order valence-corrected chi connectivity index (χ2v) is 3.31. The first-order chi connectivity index (χ1) is 7.40. The van der Waals surface area contributed by atoms with Gasteiger partial charge in [-0.15, -0.1) is 12.3 Å². The molecule has 1 heterocycles. The lowest BCUT2D eigenvalue weighted by molar-refractivity contribution is 1.31. The van der Waals surface area contributed by atoms with Gasteiger partial charge in [-0.1, -0.05) is 24.3 Å². The number of hydrogen-bond donors (Lipinski definition) is 0. The zero-order valence-electron chi connectivity index (χ0n) is 8.35. The summed E-state index contributed by atoms with van der Waals surface area (Å²) in [5, 5.41) is 0. The number of benzene rings is 1. The smallest absolute Gasteiger partial charge is 0.0337 e. The highest BCUT2D eigenvalue weighted by Crippen LogP contribution is 2.18. The first-order valence-electron chi connectivity index (χ1n) is 4.83. The first-order valence-corrected chi connectivity index (χ1v) is 4.83. The van der Waals surface area contributed by atoms with Gasteiger partial charge in [-0.3, -0.25) is 4.98 Å². The molecule has 0 saturated carbocycles. The van der Waals surface area contributed by atoms with Crippen molar-refractivity contribution in [3.8, 4) is 23.5 Å². The van der Waals surface area contributed by atoms with E-state index < -0.39 is 0 Å². The molecule has 2 aromatic rings. The van der Waals surface area contributed by atoms with E-state index in [1.807, 2.05) is 12.1 Å². The molecule has 1 aromatic heterocycles. The average molecular weight is 193 g/mol. The van der Waals surface area contributed by atoms with Crippen LogP contribution in [-0.2, 0) is 6.42 Å². The van der Waals surface area contributed by atoms with Crippen LogP contribution in [0.5, 0.6) is 0 Å². The molecule has 0 spiro atoms. The van der Waals surface area contributed by atoms with Crippen molar-refractivity contribution >= 4 is 0 Å². The van der Waals surface area contributed by atoms with Gasteiger partial charge in [0.1, 0.15) is 0 Å². The number of rotatable bonds is 2. The molecule has 0 amide bonds. The van der Waals surface area contributed by atoms with Gasteiger partial charge in [-0.2, -0.15) is 0 Å². The summed E-state index contributed by atoms with van der Waals surface area (Å²) in [4.78, 5) is 3.99. The highest BCUT2D eigenvalue weighted by atomic mass is 14.6. The molecule has 0 bridgehead atoms. The fraction of sp³-hybridized carbons (Fsp3) is 0.0714. The van der Waals surface area contributed by atoms with E-state index in [1.54, 1.807) is 12.4 Å². The molecule has 0 saturated heterocycles. The average Bonchev–Trinajstić information content (AvgIpc) is 2.32. The predicted octanol–water partition coefficient (Wildman–Crippen LogP) is 2.92. The molecule has 0 N–H and O–H groups in total. The lowest BCUT2D eigenvalue weighted by Gasteiger charge is -2.01. The zero-order valence-corrected chi connectivity index (χ0v) is 8.35. The van der Waals surface area contributed by atoms with Crippen molar-refractivity contribution in [3.05, 3.63) is 54.4 Å². The summed E-state index contributed by atoms with van der Waals surface area (Å²) >= 11 is 0. The fourth-order valence-corrected chi connectivity index (χ4v) is 1.48. The topological polar surface area (TPSA) is 12.9 Å². The van der Waals surface area contributed by atoms with Crippen LogP contribution in [0.3, 0.4) is 0 Å². The van der Waals surface area contributed by atoms with Gasteiger partial charge >= 0.3 is 0 Å². The number of nitrogens with zero attached hydrogens (tertiary/aromatic N) is 1. The van der Waals surface area contributed by atoms with E-state index in [2.05, 4.69) is 35.2 Å². The molecule has 0 fully saturated rings. The van der Waals surface area contributed by atoms with E-state index in [-0.39, 0.29) is 0 Å². The third-order valence-corrected chi connectivity index (χ3v) is 2.27. The van der Waals surface area contributed by atoms with Crippen LogP contribution in [0.15, 0.2) is 48.8 Å². The Morgan fingerprint density at radius 3 is 2.13 bits per heavy atom. The SMILES string of the molecule is C#CCc1ccc(-c2ccncc2)cc1. The Morgan fingerprint density at radius 2 is 1.53 bits per heavy atom. The van der Waals surface area contributed by atoms with Crippen LogP contribution in [0.4, 0.5) is 0 Å². The maximum Gasteiger partial charge on any atom is 0.0337 e. The lowest BCUT2D eigenvalue weighted by atomic mass is 10.0. The third kappa shape index (κ3) is 2.24. The largest absolute Gasteiger partial charge is 0.265 e. The Kier molecular flexibility index (Phi) is 2.80. The minimum absolute atomic E-state index is 0.691. The summed E-state index contributed by atoms with van der Waals surface area (Å²) in [6.07, 6.45) is 9.54. The van der Waals surface area contributed by atoms with Crippen molar-refractivity contribution in [1.29, 1.82) is 0 Å². The van der Waals surface area contributed by atoms with Crippen molar-refractivity contribution in [2.75, 3.05) is 0 Å². The maximum absolute atomic E-state index is 5.25. The highest BCUT2D eigenvalue weighted by molar-refractivity contribution is 5.62. The lowest BCUT2D eigenvalue weighted by Crippen LogP contribution is -1.82. The van der Waals surface area contributed by atoms with Gasteiger partial charge in [0.2, 0.25) is 0 Å². The molecule has 0 aliphatic heterocycles. The molecule has 0 aliphatic rings. The summed E-state index contributed by atoms with van der Waals surface area (Å²) in [5.74, 6) is 2.63. The van der Waals surface area contributed by atoms with Crippen LogP contribution < -0.4 is 0 Å². The minimum atomic E-state index is 0.691. The Bertz CT molecular complexity index is 463. The quantitative estimate of drug-likeness (QED) is 0.668. The van der Waals surface area contributed by atoms with Crippen molar-refractivity contribution in [2.24, 2.45) is 0 Å². The fourth-order valence-electron chi connectivity index (χ4n) is 1.48. The van der Waals surface area contributed by atoms with Crippen molar-refractivity contribution in [1.82, 2.24) is 4.98 Å². The van der Waals surface area contributed by atoms with Gasteiger partial charge in [0, 0.05) is 18.8 Å². The second-order valence-electron chi connectivity index (χ2n) is 3.31. The van der Waals surface area contributed by atoms with E-state index >= 15 is 0 Å². The molecular formula is C14H11N. The first kappa shape index (κ1) is 9.48. The van der Waals surface area contributed by atoms with Gasteiger partial charge in [0.25, 0.3) is 0 Å². The van der Waals surface area contributed by atoms with Crippen molar-refractivity contribution in [2.45, 2.75) is 6.42 Å². The van der Waals surface area contributed by atoms with E-state index in [1.165, 1.54) is 16.7 Å². The van der Waals surface area contributed by atoms with E-state index in [0.717, 1.165) is 0 Å². The third-order valence-electron chi connectivity index (χ3n) is 2.27. The van der Waals surface area contributed by atoms with Gasteiger partial charge in [0.05, 0.1) is 0 Å². The van der Waals surface area contributed by atoms with E-state index in [0.29, 0.717) is 6.42 Å². The Hall–Kier alpha value is -2.07. The van der Waals surface area contributed by atoms with Crippen LogP contribution in [0, 0.1) is 12.3 Å². The highest BCUT2D eigenvalue weighted by Gasteiger charge is 1.96. The second kappa shape index (κ2) is 4.43. The van der Waals surface area contributed by atoms with Gasteiger partial charge in [-0.05, 0) is 28.8 Å². The van der Waals surface area contributed by atoms with Crippen LogP contribution >= 0.6 is 0 Å². The van der Waals surface area contributed by atoms with E-state index in [4.69, 9.17) is 6.42 Å².